The minimum atomic E-state index is 0.771. The highest BCUT2D eigenvalue weighted by Crippen LogP contribution is 2.32. The molecule has 0 saturated heterocycles. The summed E-state index contributed by atoms with van der Waals surface area (Å²) in [6.07, 6.45) is 7.88. The molecular formula is C14H22N2S. The molecule has 2 nitrogen and oxygen atoms in total. The number of hydrogen-bond acceptors (Lipinski definition) is 3. The molecule has 3 heteroatoms. The van der Waals surface area contributed by atoms with Crippen LogP contribution >= 0.6 is 11.8 Å². The first kappa shape index (κ1) is 12.9. The van der Waals surface area contributed by atoms with Crippen LogP contribution in [0.3, 0.4) is 0 Å². The third-order valence-electron chi connectivity index (χ3n) is 3.56. The van der Waals surface area contributed by atoms with Gasteiger partial charge in [-0.05, 0) is 49.8 Å². The molecule has 2 atom stereocenters. The average molecular weight is 250 g/mol. The van der Waals surface area contributed by atoms with Crippen LogP contribution in [0.4, 0.5) is 0 Å². The van der Waals surface area contributed by atoms with Gasteiger partial charge in [0.05, 0.1) is 0 Å². The molecule has 17 heavy (non-hydrogen) atoms. The van der Waals surface area contributed by atoms with Gasteiger partial charge in [0.25, 0.3) is 0 Å². The van der Waals surface area contributed by atoms with Gasteiger partial charge in [-0.3, -0.25) is 9.88 Å². The predicted molar refractivity (Wildman–Crippen MR) is 75.3 cm³/mol. The molecular weight excluding hydrogens is 228 g/mol. The number of aromatic nitrogens is 1. The highest BCUT2D eigenvalue weighted by Gasteiger charge is 2.27. The van der Waals surface area contributed by atoms with Gasteiger partial charge in [0, 0.05) is 30.2 Å². The Hall–Kier alpha value is -0.540. The Balaban J connectivity index is 1.83. The second kappa shape index (κ2) is 6.41. The summed E-state index contributed by atoms with van der Waals surface area (Å²) >= 11 is 2.13. The van der Waals surface area contributed by atoms with Crippen LogP contribution in [0, 0.1) is 0 Å². The highest BCUT2D eigenvalue weighted by atomic mass is 32.2. The summed E-state index contributed by atoms with van der Waals surface area (Å²) in [6.45, 7) is 3.31. The van der Waals surface area contributed by atoms with Crippen molar-refractivity contribution in [2.24, 2.45) is 0 Å². The van der Waals surface area contributed by atoms with E-state index in [1.165, 1.54) is 30.6 Å². The molecule has 1 aliphatic rings. The van der Waals surface area contributed by atoms with Gasteiger partial charge >= 0.3 is 0 Å². The Labute approximate surface area is 109 Å². The lowest BCUT2D eigenvalue weighted by Crippen LogP contribution is -2.29. The van der Waals surface area contributed by atoms with E-state index in [1.807, 2.05) is 12.4 Å². The Morgan fingerprint density at radius 1 is 1.35 bits per heavy atom. The molecule has 0 bridgehead atoms. The summed E-state index contributed by atoms with van der Waals surface area (Å²) in [5, 5.41) is 0.893. The zero-order valence-electron chi connectivity index (χ0n) is 10.8. The van der Waals surface area contributed by atoms with Gasteiger partial charge in [0.1, 0.15) is 0 Å². The van der Waals surface area contributed by atoms with Crippen molar-refractivity contribution in [1.82, 2.24) is 9.88 Å². The van der Waals surface area contributed by atoms with Gasteiger partial charge in [-0.2, -0.15) is 11.8 Å². The monoisotopic (exact) mass is 250 g/mol. The molecule has 0 unspecified atom stereocenters. The number of rotatable bonds is 5. The largest absolute Gasteiger partial charge is 0.299 e. The van der Waals surface area contributed by atoms with E-state index in [4.69, 9.17) is 0 Å². The van der Waals surface area contributed by atoms with Crippen molar-refractivity contribution in [3.63, 3.8) is 0 Å². The first-order chi connectivity index (χ1) is 8.29. The second-order valence-corrected chi connectivity index (χ2v) is 6.39. The zero-order valence-corrected chi connectivity index (χ0v) is 11.6. The Bertz CT molecular complexity index is 328. The second-order valence-electron chi connectivity index (χ2n) is 4.81. The van der Waals surface area contributed by atoms with E-state index in [0.29, 0.717) is 0 Å². The number of hydrogen-bond donors (Lipinski definition) is 0. The summed E-state index contributed by atoms with van der Waals surface area (Å²) in [5.74, 6) is 1.26. The molecule has 0 aromatic carbocycles. The van der Waals surface area contributed by atoms with Crippen molar-refractivity contribution in [2.45, 2.75) is 44.0 Å². The van der Waals surface area contributed by atoms with Crippen molar-refractivity contribution in [2.75, 3.05) is 12.8 Å². The summed E-state index contributed by atoms with van der Waals surface area (Å²) in [4.78, 5) is 6.57. The van der Waals surface area contributed by atoms with Crippen LogP contribution in [-0.2, 0) is 6.54 Å². The maximum atomic E-state index is 4.06. The van der Waals surface area contributed by atoms with Gasteiger partial charge in [0.2, 0.25) is 0 Å². The number of pyridine rings is 1. The van der Waals surface area contributed by atoms with E-state index in [0.717, 1.165) is 17.8 Å². The van der Waals surface area contributed by atoms with Crippen molar-refractivity contribution in [3.05, 3.63) is 30.1 Å². The molecule has 0 aliphatic heterocycles. The van der Waals surface area contributed by atoms with E-state index >= 15 is 0 Å². The lowest BCUT2D eigenvalue weighted by atomic mass is 10.2. The third kappa shape index (κ3) is 3.71. The number of nitrogens with zero attached hydrogens (tertiary/aromatic N) is 2. The fraction of sp³-hybridized carbons (Fsp3) is 0.643. The smallest absolute Gasteiger partial charge is 0.0271 e. The summed E-state index contributed by atoms with van der Waals surface area (Å²) in [6, 6.07) is 5.00. The number of thioether (sulfide) groups is 1. The zero-order chi connectivity index (χ0) is 12.1. The van der Waals surface area contributed by atoms with Crippen LogP contribution < -0.4 is 0 Å². The minimum Gasteiger partial charge on any atom is -0.299 e. The predicted octanol–water partition coefficient (Wildman–Crippen LogP) is 3.19. The first-order valence-corrected chi connectivity index (χ1v) is 7.55. The molecule has 0 radical (unpaired) electrons. The maximum absolute atomic E-state index is 4.06. The molecule has 1 heterocycles. The minimum absolute atomic E-state index is 0.771. The quantitative estimate of drug-likeness (QED) is 0.798. The van der Waals surface area contributed by atoms with Crippen LogP contribution in [0.15, 0.2) is 24.5 Å². The molecule has 1 saturated carbocycles. The fourth-order valence-electron chi connectivity index (χ4n) is 2.61. The van der Waals surface area contributed by atoms with E-state index in [9.17, 15) is 0 Å². The van der Waals surface area contributed by atoms with Gasteiger partial charge in [-0.15, -0.1) is 0 Å². The Morgan fingerprint density at radius 3 is 2.82 bits per heavy atom. The molecule has 0 N–H and O–H groups in total. The SMILES string of the molecule is CCS[C@H]1CC[C@H](N(C)Cc2ccncc2)C1. The Morgan fingerprint density at radius 2 is 2.12 bits per heavy atom. The lowest BCUT2D eigenvalue weighted by Gasteiger charge is -2.24. The lowest BCUT2D eigenvalue weighted by molar-refractivity contribution is 0.238. The van der Waals surface area contributed by atoms with Crippen LogP contribution in [0.5, 0.6) is 0 Å². The summed E-state index contributed by atoms with van der Waals surface area (Å²) in [7, 11) is 2.25. The van der Waals surface area contributed by atoms with Gasteiger partial charge in [-0.25, -0.2) is 0 Å². The van der Waals surface area contributed by atoms with Crippen LogP contribution in [0.25, 0.3) is 0 Å². The van der Waals surface area contributed by atoms with E-state index < -0.39 is 0 Å². The van der Waals surface area contributed by atoms with Gasteiger partial charge in [-0.1, -0.05) is 6.92 Å². The average Bonchev–Trinajstić information content (AvgIpc) is 2.79. The van der Waals surface area contributed by atoms with E-state index in [2.05, 4.69) is 47.7 Å². The maximum Gasteiger partial charge on any atom is 0.0271 e. The van der Waals surface area contributed by atoms with Crippen LogP contribution in [0.1, 0.15) is 31.7 Å². The van der Waals surface area contributed by atoms with E-state index in [1.54, 1.807) is 0 Å². The Kier molecular flexibility index (Phi) is 4.86. The molecule has 1 aliphatic carbocycles. The topological polar surface area (TPSA) is 16.1 Å². The summed E-state index contributed by atoms with van der Waals surface area (Å²) < 4.78 is 0. The van der Waals surface area contributed by atoms with Crippen LogP contribution in [-0.4, -0.2) is 34.0 Å². The van der Waals surface area contributed by atoms with Gasteiger partial charge in [0.15, 0.2) is 0 Å². The third-order valence-corrected chi connectivity index (χ3v) is 4.80. The normalized spacial score (nSPS) is 24.4. The fourth-order valence-corrected chi connectivity index (χ4v) is 3.74. The molecule has 2 rings (SSSR count). The molecule has 1 fully saturated rings. The van der Waals surface area contributed by atoms with Crippen LogP contribution in [0.2, 0.25) is 0 Å². The van der Waals surface area contributed by atoms with Crippen molar-refractivity contribution in [3.8, 4) is 0 Å². The molecule has 1 aromatic heterocycles. The summed E-state index contributed by atoms with van der Waals surface area (Å²) in [5.41, 5.74) is 1.37. The van der Waals surface area contributed by atoms with E-state index in [-0.39, 0.29) is 0 Å². The molecule has 94 valence electrons. The standard InChI is InChI=1S/C14H22N2S/c1-3-17-14-5-4-13(10-14)16(2)11-12-6-8-15-9-7-12/h6-9,13-14H,3-5,10-11H2,1-2H3/t13-,14-/m0/s1. The molecule has 1 aromatic rings. The van der Waals surface area contributed by atoms with Crippen molar-refractivity contribution >= 4 is 11.8 Å². The molecule has 0 spiro atoms. The first-order valence-electron chi connectivity index (χ1n) is 6.50. The van der Waals surface area contributed by atoms with Crippen molar-refractivity contribution < 1.29 is 0 Å². The highest BCUT2D eigenvalue weighted by molar-refractivity contribution is 7.99. The van der Waals surface area contributed by atoms with Crippen molar-refractivity contribution in [1.29, 1.82) is 0 Å². The van der Waals surface area contributed by atoms with Gasteiger partial charge < -0.3 is 0 Å². The molecule has 0 amide bonds.